The fourth-order valence-electron chi connectivity index (χ4n) is 2.98. The molecule has 1 aliphatic rings. The van der Waals surface area contributed by atoms with Crippen molar-refractivity contribution in [3.63, 3.8) is 0 Å². The Morgan fingerprint density at radius 2 is 2.20 bits per heavy atom. The predicted octanol–water partition coefficient (Wildman–Crippen LogP) is 2.62. The molecule has 1 aromatic heterocycles. The van der Waals surface area contributed by atoms with E-state index in [1.54, 1.807) is 6.92 Å². The van der Waals surface area contributed by atoms with E-state index in [4.69, 9.17) is 4.74 Å². The molecule has 0 aliphatic carbocycles. The Hall–Kier alpha value is -3.60. The molecule has 0 saturated carbocycles. The van der Waals surface area contributed by atoms with Crippen molar-refractivity contribution in [3.8, 4) is 0 Å². The molecule has 0 fully saturated rings. The molecule has 1 aromatic carbocycles. The third-order valence-corrected chi connectivity index (χ3v) is 5.39. The van der Waals surface area contributed by atoms with Gasteiger partial charge in [-0.05, 0) is 25.0 Å². The van der Waals surface area contributed by atoms with Crippen molar-refractivity contribution >= 4 is 45.6 Å². The number of nitro groups is 1. The maximum absolute atomic E-state index is 12.5. The first kappa shape index (κ1) is 21.1. The summed E-state index contributed by atoms with van der Waals surface area (Å²) >= 11 is 0.970. The standard InChI is InChI=1S/C19H18N4O6S/c1-3-8-29-18(26)17-11(2)20-19(30-17)21-15(24)10-22-14-6-5-13(23(27)28)9-12(14)4-7-16(22)25/h3,5-6,9H,1,4,7-8,10H2,2H3,(H,20,21,24). The van der Waals surface area contributed by atoms with Gasteiger partial charge < -0.3 is 15.0 Å². The normalized spacial score (nSPS) is 12.8. The summed E-state index contributed by atoms with van der Waals surface area (Å²) in [6, 6.07) is 4.19. The average Bonchev–Trinajstić information content (AvgIpc) is 3.07. The van der Waals surface area contributed by atoms with Gasteiger partial charge in [0.15, 0.2) is 5.13 Å². The van der Waals surface area contributed by atoms with Gasteiger partial charge in [0.25, 0.3) is 5.69 Å². The van der Waals surface area contributed by atoms with Gasteiger partial charge >= 0.3 is 5.97 Å². The number of nitrogens with zero attached hydrogens (tertiary/aromatic N) is 3. The van der Waals surface area contributed by atoms with Gasteiger partial charge in [0, 0.05) is 24.2 Å². The maximum atomic E-state index is 12.5. The van der Waals surface area contributed by atoms with E-state index < -0.39 is 16.8 Å². The molecule has 0 spiro atoms. The second-order valence-corrected chi connectivity index (χ2v) is 7.42. The van der Waals surface area contributed by atoms with Crippen LogP contribution in [0.25, 0.3) is 0 Å². The molecule has 0 radical (unpaired) electrons. The SMILES string of the molecule is C=CCOC(=O)c1sc(NC(=O)CN2C(=O)CCc3cc([N+](=O)[O-])ccc32)nc1C. The van der Waals surface area contributed by atoms with Crippen molar-refractivity contribution in [1.29, 1.82) is 0 Å². The number of carbonyl (C=O) groups is 3. The third kappa shape index (κ3) is 4.51. The van der Waals surface area contributed by atoms with Gasteiger partial charge in [-0.2, -0.15) is 0 Å². The number of ether oxygens (including phenoxy) is 1. The summed E-state index contributed by atoms with van der Waals surface area (Å²) in [5.41, 5.74) is 1.45. The highest BCUT2D eigenvalue weighted by Crippen LogP contribution is 2.31. The Kier molecular flexibility index (Phi) is 6.21. The van der Waals surface area contributed by atoms with E-state index in [9.17, 15) is 24.5 Å². The number of non-ortho nitro benzene ring substituents is 1. The number of rotatable bonds is 7. The molecule has 11 heteroatoms. The smallest absolute Gasteiger partial charge is 0.350 e. The molecule has 30 heavy (non-hydrogen) atoms. The lowest BCUT2D eigenvalue weighted by molar-refractivity contribution is -0.384. The molecule has 156 valence electrons. The number of aryl methyl sites for hydroxylation is 2. The first-order chi connectivity index (χ1) is 14.3. The average molecular weight is 430 g/mol. The topological polar surface area (TPSA) is 132 Å². The maximum Gasteiger partial charge on any atom is 0.350 e. The van der Waals surface area contributed by atoms with Gasteiger partial charge in [-0.15, -0.1) is 0 Å². The van der Waals surface area contributed by atoms with Gasteiger partial charge in [0.05, 0.1) is 10.6 Å². The molecule has 2 amide bonds. The molecule has 0 unspecified atom stereocenters. The summed E-state index contributed by atoms with van der Waals surface area (Å²) in [6.45, 7) is 4.87. The van der Waals surface area contributed by atoms with Crippen LogP contribution in [0.1, 0.15) is 27.3 Å². The van der Waals surface area contributed by atoms with Crippen molar-refractivity contribution in [1.82, 2.24) is 4.98 Å². The molecule has 3 rings (SSSR count). The minimum Gasteiger partial charge on any atom is -0.457 e. The minimum atomic E-state index is -0.563. The van der Waals surface area contributed by atoms with Crippen molar-refractivity contribution in [2.45, 2.75) is 19.8 Å². The molecule has 0 saturated heterocycles. The van der Waals surface area contributed by atoms with Crippen LogP contribution < -0.4 is 10.2 Å². The van der Waals surface area contributed by atoms with Crippen LogP contribution >= 0.6 is 11.3 Å². The van der Waals surface area contributed by atoms with E-state index >= 15 is 0 Å². The Labute approximate surface area is 175 Å². The van der Waals surface area contributed by atoms with E-state index in [1.807, 2.05) is 0 Å². The highest BCUT2D eigenvalue weighted by atomic mass is 32.1. The van der Waals surface area contributed by atoms with Gasteiger partial charge in [-0.25, -0.2) is 9.78 Å². The molecular formula is C19H18N4O6S. The summed E-state index contributed by atoms with van der Waals surface area (Å²) in [7, 11) is 0. The van der Waals surface area contributed by atoms with Gasteiger partial charge in [-0.1, -0.05) is 24.0 Å². The summed E-state index contributed by atoms with van der Waals surface area (Å²) < 4.78 is 4.98. The molecular weight excluding hydrogens is 412 g/mol. The highest BCUT2D eigenvalue weighted by molar-refractivity contribution is 7.17. The van der Waals surface area contributed by atoms with Gasteiger partial charge in [0.2, 0.25) is 11.8 Å². The van der Waals surface area contributed by atoms with Crippen molar-refractivity contribution in [2.24, 2.45) is 0 Å². The molecule has 10 nitrogen and oxygen atoms in total. The molecule has 1 aliphatic heterocycles. The molecule has 0 bridgehead atoms. The van der Waals surface area contributed by atoms with Crippen LogP contribution in [0, 0.1) is 17.0 Å². The molecule has 2 aromatic rings. The number of aromatic nitrogens is 1. The van der Waals surface area contributed by atoms with Crippen LogP contribution in [0.3, 0.4) is 0 Å². The third-order valence-electron chi connectivity index (χ3n) is 4.34. The number of hydrogen-bond donors (Lipinski definition) is 1. The fraction of sp³-hybridized carbons (Fsp3) is 0.263. The quantitative estimate of drug-likeness (QED) is 0.309. The van der Waals surface area contributed by atoms with Crippen LogP contribution in [-0.2, 0) is 20.7 Å². The Bertz CT molecular complexity index is 1050. The predicted molar refractivity (Wildman–Crippen MR) is 110 cm³/mol. The van der Waals surface area contributed by atoms with Gasteiger partial charge in [-0.3, -0.25) is 19.7 Å². The number of hydrogen-bond acceptors (Lipinski definition) is 8. The summed E-state index contributed by atoms with van der Waals surface area (Å²) in [5.74, 6) is -1.32. The van der Waals surface area contributed by atoms with E-state index in [-0.39, 0.29) is 41.2 Å². The number of benzene rings is 1. The minimum absolute atomic E-state index is 0.0620. The van der Waals surface area contributed by atoms with E-state index in [0.717, 1.165) is 11.3 Å². The highest BCUT2D eigenvalue weighted by Gasteiger charge is 2.28. The molecule has 1 N–H and O–H groups in total. The van der Waals surface area contributed by atoms with Crippen molar-refractivity contribution in [2.75, 3.05) is 23.4 Å². The number of thiazole rings is 1. The fourth-order valence-corrected chi connectivity index (χ4v) is 3.85. The first-order valence-corrected chi connectivity index (χ1v) is 9.74. The summed E-state index contributed by atoms with van der Waals surface area (Å²) in [5, 5.41) is 13.8. The largest absolute Gasteiger partial charge is 0.457 e. The lowest BCUT2D eigenvalue weighted by atomic mass is 10.0. The molecule has 0 atom stereocenters. The first-order valence-electron chi connectivity index (χ1n) is 8.93. The van der Waals surface area contributed by atoms with E-state index in [2.05, 4.69) is 16.9 Å². The number of anilines is 2. The molecule has 2 heterocycles. The number of carbonyl (C=O) groups excluding carboxylic acids is 3. The van der Waals surface area contributed by atoms with Crippen LogP contribution in [0.4, 0.5) is 16.5 Å². The van der Waals surface area contributed by atoms with E-state index in [1.165, 1.54) is 29.2 Å². The van der Waals surface area contributed by atoms with Crippen molar-refractivity contribution < 1.29 is 24.0 Å². The lowest BCUT2D eigenvalue weighted by Crippen LogP contribution is -2.40. The summed E-state index contributed by atoms with van der Waals surface area (Å²) in [4.78, 5) is 53.0. The number of esters is 1. The second kappa shape index (κ2) is 8.82. The van der Waals surface area contributed by atoms with Gasteiger partial charge in [0.1, 0.15) is 18.0 Å². The van der Waals surface area contributed by atoms with Crippen molar-refractivity contribution in [3.05, 3.63) is 57.1 Å². The monoisotopic (exact) mass is 430 g/mol. The number of nitro benzene ring substituents is 1. The van der Waals surface area contributed by atoms with Crippen LogP contribution in [-0.4, -0.2) is 40.8 Å². The zero-order valence-electron chi connectivity index (χ0n) is 16.0. The second-order valence-electron chi connectivity index (χ2n) is 6.42. The van der Waals surface area contributed by atoms with Crippen LogP contribution in [0.2, 0.25) is 0 Å². The number of fused-ring (bicyclic) bond motifs is 1. The Morgan fingerprint density at radius 1 is 1.43 bits per heavy atom. The van der Waals surface area contributed by atoms with E-state index in [0.29, 0.717) is 23.4 Å². The van der Waals surface area contributed by atoms with Crippen LogP contribution in [0.5, 0.6) is 0 Å². The summed E-state index contributed by atoms with van der Waals surface area (Å²) in [6.07, 6.45) is 1.96. The number of amides is 2. The number of nitrogens with one attached hydrogen (secondary N) is 1. The zero-order valence-corrected chi connectivity index (χ0v) is 16.9. The Morgan fingerprint density at radius 3 is 2.90 bits per heavy atom. The van der Waals surface area contributed by atoms with Crippen LogP contribution in [0.15, 0.2) is 30.9 Å². The zero-order chi connectivity index (χ0) is 21.8. The Balaban J connectivity index is 1.72. The lowest BCUT2D eigenvalue weighted by Gasteiger charge is -2.28.